The topological polar surface area (TPSA) is 125 Å². The standard InChI is InChI=1S/C32H38ClN3O5/c1-2-23-8-3-4-12-28(23)41-29-26(10-5-11-27(29)33)32(40,17-7-18-35-31(38)39)25-9-6-19-36(21-25)30(37)24-15-13-22(20-34)14-16-24/h3-5,8,10-16,25,35,40H,2,6-7,9,17-21,34H2,1H3,(H,38,39). The van der Waals surface area contributed by atoms with Crippen molar-refractivity contribution < 1.29 is 24.5 Å². The number of aliphatic hydroxyl groups is 1. The molecule has 5 N–H and O–H groups in total. The summed E-state index contributed by atoms with van der Waals surface area (Å²) in [5, 5.41) is 24.4. The van der Waals surface area contributed by atoms with Crippen LogP contribution >= 0.6 is 11.6 Å². The van der Waals surface area contributed by atoms with Crippen molar-refractivity contribution in [2.24, 2.45) is 11.7 Å². The molecule has 8 nitrogen and oxygen atoms in total. The number of nitrogens with two attached hydrogens (primary N) is 1. The van der Waals surface area contributed by atoms with E-state index in [1.54, 1.807) is 29.2 Å². The molecular formula is C32H38ClN3O5. The van der Waals surface area contributed by atoms with E-state index in [1.165, 1.54) is 0 Å². The first-order valence-electron chi connectivity index (χ1n) is 14.1. The van der Waals surface area contributed by atoms with Gasteiger partial charge in [0.15, 0.2) is 5.75 Å². The van der Waals surface area contributed by atoms with Crippen molar-refractivity contribution in [2.45, 2.75) is 51.2 Å². The first kappa shape index (κ1) is 30.4. The number of amides is 2. The largest absolute Gasteiger partial charge is 0.465 e. The van der Waals surface area contributed by atoms with Gasteiger partial charge in [-0.15, -0.1) is 0 Å². The molecular weight excluding hydrogens is 542 g/mol. The zero-order valence-corrected chi connectivity index (χ0v) is 24.1. The molecule has 0 radical (unpaired) electrons. The Morgan fingerprint density at radius 3 is 2.59 bits per heavy atom. The van der Waals surface area contributed by atoms with Gasteiger partial charge in [0, 0.05) is 43.2 Å². The average Bonchev–Trinajstić information content (AvgIpc) is 3.00. The third-order valence-electron chi connectivity index (χ3n) is 7.83. The van der Waals surface area contributed by atoms with Crippen molar-refractivity contribution >= 4 is 23.6 Å². The number of aryl methyl sites for hydroxylation is 1. The SMILES string of the molecule is CCc1ccccc1Oc1c(Cl)cccc1C(O)(CCCNC(=O)O)C1CCCN(C(=O)c2ccc(CN)cc2)C1. The molecule has 3 aromatic carbocycles. The second kappa shape index (κ2) is 13.9. The molecule has 0 saturated carbocycles. The number of nitrogens with one attached hydrogen (secondary N) is 1. The summed E-state index contributed by atoms with van der Waals surface area (Å²) >= 11 is 6.71. The Morgan fingerprint density at radius 2 is 1.88 bits per heavy atom. The molecule has 0 aromatic heterocycles. The van der Waals surface area contributed by atoms with Gasteiger partial charge >= 0.3 is 6.09 Å². The smallest absolute Gasteiger partial charge is 0.404 e. The fraction of sp³-hybridized carbons (Fsp3) is 0.375. The molecule has 2 amide bonds. The van der Waals surface area contributed by atoms with E-state index in [0.29, 0.717) is 66.5 Å². The number of piperidine rings is 1. The lowest BCUT2D eigenvalue weighted by Gasteiger charge is -2.43. The van der Waals surface area contributed by atoms with Gasteiger partial charge in [-0.2, -0.15) is 0 Å². The van der Waals surface area contributed by atoms with Gasteiger partial charge in [-0.05, 0) is 67.5 Å². The van der Waals surface area contributed by atoms with E-state index in [2.05, 4.69) is 5.32 Å². The molecule has 2 unspecified atom stereocenters. The number of nitrogens with zero attached hydrogens (tertiary/aromatic N) is 1. The minimum atomic E-state index is -1.44. The summed E-state index contributed by atoms with van der Waals surface area (Å²) < 4.78 is 6.42. The molecule has 9 heteroatoms. The number of carbonyl (C=O) groups excluding carboxylic acids is 1. The number of likely N-dealkylation sites (tertiary alicyclic amines) is 1. The maximum absolute atomic E-state index is 13.5. The molecule has 1 aliphatic rings. The lowest BCUT2D eigenvalue weighted by Crippen LogP contribution is -2.48. The summed E-state index contributed by atoms with van der Waals surface area (Å²) in [6.07, 6.45) is 1.65. The number of carboxylic acid groups (broad SMARTS) is 1. The minimum Gasteiger partial charge on any atom is -0.465 e. The van der Waals surface area contributed by atoms with E-state index in [1.807, 2.05) is 49.4 Å². The van der Waals surface area contributed by atoms with E-state index in [4.69, 9.17) is 27.2 Å². The molecule has 4 rings (SSSR count). The number of hydrogen-bond donors (Lipinski definition) is 4. The second-order valence-corrected chi connectivity index (χ2v) is 10.8. The fourth-order valence-electron chi connectivity index (χ4n) is 5.59. The van der Waals surface area contributed by atoms with Crippen molar-refractivity contribution in [1.29, 1.82) is 0 Å². The van der Waals surface area contributed by atoms with Gasteiger partial charge in [-0.3, -0.25) is 4.79 Å². The molecule has 1 aliphatic heterocycles. The Hall–Kier alpha value is -3.59. The van der Waals surface area contributed by atoms with Gasteiger partial charge in [0.25, 0.3) is 5.91 Å². The van der Waals surface area contributed by atoms with E-state index in [9.17, 15) is 14.7 Å². The Balaban J connectivity index is 1.68. The van der Waals surface area contributed by atoms with E-state index < -0.39 is 11.7 Å². The van der Waals surface area contributed by atoms with Crippen molar-refractivity contribution in [3.63, 3.8) is 0 Å². The number of ether oxygens (including phenoxy) is 1. The van der Waals surface area contributed by atoms with Crippen LogP contribution in [0.3, 0.4) is 0 Å². The maximum Gasteiger partial charge on any atom is 0.404 e. The van der Waals surface area contributed by atoms with Gasteiger partial charge in [-0.25, -0.2) is 4.79 Å². The highest BCUT2D eigenvalue weighted by atomic mass is 35.5. The van der Waals surface area contributed by atoms with Crippen LogP contribution in [0, 0.1) is 5.92 Å². The Bertz CT molecular complexity index is 1350. The summed E-state index contributed by atoms with van der Waals surface area (Å²) in [5.74, 6) is 0.577. The van der Waals surface area contributed by atoms with E-state index >= 15 is 0 Å². The predicted molar refractivity (Wildman–Crippen MR) is 159 cm³/mol. The molecule has 0 aliphatic carbocycles. The van der Waals surface area contributed by atoms with Gasteiger partial charge in [-0.1, -0.05) is 61.0 Å². The molecule has 218 valence electrons. The fourth-order valence-corrected chi connectivity index (χ4v) is 5.80. The molecule has 0 spiro atoms. The molecule has 2 atom stereocenters. The van der Waals surface area contributed by atoms with E-state index in [-0.39, 0.29) is 24.8 Å². The highest BCUT2D eigenvalue weighted by Gasteiger charge is 2.43. The van der Waals surface area contributed by atoms with Crippen LogP contribution in [0.15, 0.2) is 66.7 Å². The lowest BCUT2D eigenvalue weighted by atomic mass is 9.73. The number of carbonyl (C=O) groups is 2. The highest BCUT2D eigenvalue weighted by molar-refractivity contribution is 6.32. The van der Waals surface area contributed by atoms with Crippen LogP contribution in [0.1, 0.15) is 59.7 Å². The second-order valence-electron chi connectivity index (χ2n) is 10.4. The van der Waals surface area contributed by atoms with Crippen LogP contribution < -0.4 is 15.8 Å². The number of hydrogen-bond acceptors (Lipinski definition) is 5. The summed E-state index contributed by atoms with van der Waals surface area (Å²) in [6.45, 7) is 3.52. The predicted octanol–water partition coefficient (Wildman–Crippen LogP) is 5.94. The quantitative estimate of drug-likeness (QED) is 0.208. The van der Waals surface area contributed by atoms with Gasteiger partial charge < -0.3 is 30.9 Å². The number of rotatable bonds is 11. The monoisotopic (exact) mass is 579 g/mol. The Labute approximate surface area is 246 Å². The van der Waals surface area contributed by atoms with Crippen LogP contribution in [-0.2, 0) is 18.6 Å². The summed E-state index contributed by atoms with van der Waals surface area (Å²) in [6, 6.07) is 20.3. The van der Waals surface area contributed by atoms with Crippen LogP contribution in [0.2, 0.25) is 5.02 Å². The number of para-hydroxylation sites is 2. The number of halogens is 1. The maximum atomic E-state index is 13.5. The van der Waals surface area contributed by atoms with Crippen molar-refractivity contribution in [3.8, 4) is 11.5 Å². The average molecular weight is 580 g/mol. The summed E-state index contributed by atoms with van der Waals surface area (Å²) in [5.41, 5.74) is 7.32. The summed E-state index contributed by atoms with van der Waals surface area (Å²) in [4.78, 5) is 26.3. The zero-order valence-electron chi connectivity index (χ0n) is 23.3. The van der Waals surface area contributed by atoms with Crippen molar-refractivity contribution in [3.05, 3.63) is 94.0 Å². The zero-order chi connectivity index (χ0) is 29.4. The van der Waals surface area contributed by atoms with Crippen LogP contribution in [-0.4, -0.2) is 46.7 Å². The van der Waals surface area contributed by atoms with Crippen molar-refractivity contribution in [1.82, 2.24) is 10.2 Å². The van der Waals surface area contributed by atoms with Crippen LogP contribution in [0.4, 0.5) is 4.79 Å². The summed E-state index contributed by atoms with van der Waals surface area (Å²) in [7, 11) is 0. The lowest BCUT2D eigenvalue weighted by molar-refractivity contribution is -0.0578. The number of benzene rings is 3. The molecule has 3 aromatic rings. The third kappa shape index (κ3) is 7.19. The first-order valence-corrected chi connectivity index (χ1v) is 14.5. The normalized spacial score (nSPS) is 16.6. The first-order chi connectivity index (χ1) is 19.8. The molecule has 1 heterocycles. The third-order valence-corrected chi connectivity index (χ3v) is 8.13. The molecule has 0 bridgehead atoms. The Kier molecular flexibility index (Phi) is 10.3. The Morgan fingerprint density at radius 1 is 1.12 bits per heavy atom. The minimum absolute atomic E-state index is 0.104. The van der Waals surface area contributed by atoms with Gasteiger partial charge in [0.05, 0.1) is 10.6 Å². The van der Waals surface area contributed by atoms with Gasteiger partial charge in [0.2, 0.25) is 0 Å². The van der Waals surface area contributed by atoms with Crippen molar-refractivity contribution in [2.75, 3.05) is 19.6 Å². The van der Waals surface area contributed by atoms with Gasteiger partial charge in [0.1, 0.15) is 5.75 Å². The molecule has 41 heavy (non-hydrogen) atoms. The van der Waals surface area contributed by atoms with Crippen LogP contribution in [0.25, 0.3) is 0 Å². The van der Waals surface area contributed by atoms with Crippen LogP contribution in [0.5, 0.6) is 11.5 Å². The molecule has 1 saturated heterocycles. The molecule has 1 fully saturated rings. The van der Waals surface area contributed by atoms with E-state index in [0.717, 1.165) is 17.5 Å². The highest BCUT2D eigenvalue weighted by Crippen LogP contribution is 2.47.